The number of H-pyrrole nitrogens is 1. The van der Waals surface area contributed by atoms with E-state index in [4.69, 9.17) is 16.3 Å². The van der Waals surface area contributed by atoms with E-state index < -0.39 is 51.4 Å². The number of hydrogen-bond donors (Lipinski definition) is 2. The molecule has 0 bridgehead atoms. The smallest absolute Gasteiger partial charge is 0.269 e. The van der Waals surface area contributed by atoms with Crippen LogP contribution in [0.4, 0.5) is 24.5 Å². The molecule has 1 fully saturated rings. The van der Waals surface area contributed by atoms with Crippen molar-refractivity contribution in [1.82, 2.24) is 20.5 Å². The van der Waals surface area contributed by atoms with Crippen molar-refractivity contribution in [3.05, 3.63) is 64.7 Å². The fraction of sp³-hybridized carbons (Fsp3) is 0.208. The van der Waals surface area contributed by atoms with Crippen LogP contribution in [0.5, 0.6) is 5.88 Å². The average Bonchev–Trinajstić information content (AvgIpc) is 3.61. The summed E-state index contributed by atoms with van der Waals surface area (Å²) in [6.07, 6.45) is 3.24. The molecule has 4 aromatic rings. The lowest BCUT2D eigenvalue weighted by molar-refractivity contribution is 0.0948. The Labute approximate surface area is 221 Å². The van der Waals surface area contributed by atoms with Crippen LogP contribution in [0.1, 0.15) is 23.3 Å². The van der Waals surface area contributed by atoms with Gasteiger partial charge in [-0.25, -0.2) is 18.2 Å². The average molecular weight is 565 g/mol. The molecule has 1 amide bonds. The number of pyridine rings is 1. The monoisotopic (exact) mass is 564 g/mol. The summed E-state index contributed by atoms with van der Waals surface area (Å²) in [6.45, 7) is 0.480. The molecule has 1 aliphatic carbocycles. The summed E-state index contributed by atoms with van der Waals surface area (Å²) >= 11 is 2.80. The number of nitrogens with one attached hydrogen (secondary N) is 2. The topological polar surface area (TPSA) is 123 Å². The van der Waals surface area contributed by atoms with Crippen molar-refractivity contribution in [1.29, 1.82) is 0 Å². The number of nitrogens with zero attached hydrogens (tertiary/aromatic N) is 3. The number of ether oxygens (including phenoxy) is 1. The van der Waals surface area contributed by atoms with E-state index in [9.17, 15) is 17.9 Å². The maximum Gasteiger partial charge on any atom is 0.269 e. The minimum atomic E-state index is -3.15. The number of amides is 1. The summed E-state index contributed by atoms with van der Waals surface area (Å²) in [7, 11) is 1.22. The van der Waals surface area contributed by atoms with Crippen LogP contribution < -0.4 is 14.4 Å². The molecule has 0 radical (unpaired) electrons. The number of aromatic amines is 1. The number of anilines is 2. The second-order valence-corrected chi connectivity index (χ2v) is 9.76. The van der Waals surface area contributed by atoms with Gasteiger partial charge in [0.1, 0.15) is 22.7 Å². The Morgan fingerprint density at radius 3 is 2.68 bits per heavy atom. The highest BCUT2D eigenvalue weighted by atomic mass is 35.5. The van der Waals surface area contributed by atoms with E-state index in [1.54, 1.807) is 0 Å². The zero-order chi connectivity index (χ0) is 27.1. The third kappa shape index (κ3) is 4.68. The highest BCUT2D eigenvalue weighted by Gasteiger charge is 2.28. The van der Waals surface area contributed by atoms with Gasteiger partial charge in [0.2, 0.25) is 5.88 Å². The van der Waals surface area contributed by atoms with Gasteiger partial charge in [0, 0.05) is 23.7 Å². The molecule has 2 heterocycles. The van der Waals surface area contributed by atoms with E-state index >= 15 is 8.78 Å². The Morgan fingerprint density at radius 2 is 2.00 bits per heavy atom. The molecule has 9 nitrogen and oxygen atoms in total. The molecule has 14 heteroatoms. The van der Waals surface area contributed by atoms with Crippen LogP contribution in [0.15, 0.2) is 36.5 Å². The van der Waals surface area contributed by atoms with E-state index in [1.165, 1.54) is 19.4 Å². The molecule has 5 rings (SSSR count). The Hall–Kier alpha value is -3.68. The maximum absolute atomic E-state index is 15.8. The fourth-order valence-corrected chi connectivity index (χ4v) is 4.76. The summed E-state index contributed by atoms with van der Waals surface area (Å²) < 4.78 is 76.3. The van der Waals surface area contributed by atoms with Gasteiger partial charge in [-0.3, -0.25) is 18.4 Å². The van der Waals surface area contributed by atoms with Crippen molar-refractivity contribution >= 4 is 51.1 Å². The van der Waals surface area contributed by atoms with Crippen LogP contribution in [0.25, 0.3) is 22.0 Å². The van der Waals surface area contributed by atoms with Crippen molar-refractivity contribution in [2.45, 2.75) is 12.8 Å². The zero-order valence-corrected chi connectivity index (χ0v) is 21.1. The van der Waals surface area contributed by atoms with Gasteiger partial charge in [0.15, 0.2) is 11.6 Å². The van der Waals surface area contributed by atoms with Crippen LogP contribution in [0, 0.1) is 23.4 Å². The second-order valence-electron chi connectivity index (χ2n) is 8.52. The zero-order valence-electron chi connectivity index (χ0n) is 19.6. The summed E-state index contributed by atoms with van der Waals surface area (Å²) in [5, 5.41) is 9.20. The number of methoxy groups -OCH3 is 1. The molecule has 2 aromatic carbocycles. The highest BCUT2D eigenvalue weighted by molar-refractivity contribution is 7.81. The Kier molecular flexibility index (Phi) is 6.99. The number of fused-ring (bicyclic) bond motifs is 1. The number of benzene rings is 2. The van der Waals surface area contributed by atoms with Gasteiger partial charge < -0.3 is 14.6 Å². The first-order valence-corrected chi connectivity index (χ1v) is 12.6. The maximum atomic E-state index is 15.8. The molecule has 1 aliphatic rings. The molecular formula is C24H18ClF3N5O4S-. The van der Waals surface area contributed by atoms with Crippen molar-refractivity contribution < 1.29 is 31.5 Å². The standard InChI is InChI=1S/C24H19ClF3N5O4S/c1-37-24-17(8-12(25)10-30-24)33(38(35)36)16-7-6-15(26)18(20(16)28)13-4-5-14-21(19(13)27)31-32-22(14)23(34)29-9-11-2-3-11/h4-8,10-11H,2-3,9H2,1H3,(H,29,34)(H,31,32)(H,35,36)/p-1. The van der Waals surface area contributed by atoms with E-state index in [2.05, 4.69) is 20.5 Å². The number of halogens is 4. The molecule has 2 N–H and O–H groups in total. The number of hydrogen-bond acceptors (Lipinski definition) is 6. The fourth-order valence-electron chi connectivity index (χ4n) is 4.02. The summed E-state index contributed by atoms with van der Waals surface area (Å²) in [5.74, 6) is -3.92. The summed E-state index contributed by atoms with van der Waals surface area (Å²) in [5.41, 5.74) is -2.57. The van der Waals surface area contributed by atoms with Gasteiger partial charge in [-0.1, -0.05) is 17.7 Å². The summed E-state index contributed by atoms with van der Waals surface area (Å²) in [6, 6.07) is 5.23. The van der Waals surface area contributed by atoms with Crippen molar-refractivity contribution in [3.8, 4) is 17.0 Å². The molecule has 38 heavy (non-hydrogen) atoms. The van der Waals surface area contributed by atoms with Crippen molar-refractivity contribution in [2.75, 3.05) is 18.0 Å². The normalized spacial score (nSPS) is 13.9. The SMILES string of the molecule is COc1ncc(Cl)cc1N(c1ccc(F)c(-c2ccc3c(C(=O)NCC4CC4)[nH]nc3c2F)c1F)S(=O)[O-]. The number of aromatic nitrogens is 3. The first kappa shape index (κ1) is 25.9. The van der Waals surface area contributed by atoms with Crippen LogP contribution >= 0.6 is 11.6 Å². The highest BCUT2D eigenvalue weighted by Crippen LogP contribution is 2.41. The molecule has 1 saturated carbocycles. The first-order valence-electron chi connectivity index (χ1n) is 11.2. The van der Waals surface area contributed by atoms with E-state index in [-0.39, 0.29) is 33.2 Å². The molecule has 0 spiro atoms. The lowest BCUT2D eigenvalue weighted by atomic mass is 10.0. The van der Waals surface area contributed by atoms with Gasteiger partial charge in [-0.2, -0.15) is 5.10 Å². The van der Waals surface area contributed by atoms with Gasteiger partial charge in [-0.05, 0) is 43.0 Å². The number of rotatable bonds is 8. The van der Waals surface area contributed by atoms with Crippen LogP contribution in [-0.2, 0) is 11.3 Å². The van der Waals surface area contributed by atoms with Crippen molar-refractivity contribution in [3.63, 3.8) is 0 Å². The van der Waals surface area contributed by atoms with Gasteiger partial charge >= 0.3 is 0 Å². The first-order chi connectivity index (χ1) is 18.2. The van der Waals surface area contributed by atoms with Gasteiger partial charge in [0.25, 0.3) is 5.91 Å². The van der Waals surface area contributed by atoms with Gasteiger partial charge in [0.05, 0.1) is 34.6 Å². The molecule has 2 aromatic heterocycles. The van der Waals surface area contributed by atoms with Crippen molar-refractivity contribution in [2.24, 2.45) is 5.92 Å². The minimum Gasteiger partial charge on any atom is -0.755 e. The molecular weight excluding hydrogens is 547 g/mol. The van der Waals surface area contributed by atoms with Crippen LogP contribution in [-0.4, -0.2) is 43.5 Å². The predicted octanol–water partition coefficient (Wildman–Crippen LogP) is 4.78. The summed E-state index contributed by atoms with van der Waals surface area (Å²) in [4.78, 5) is 16.4. The third-order valence-electron chi connectivity index (χ3n) is 6.06. The third-order valence-corrected chi connectivity index (χ3v) is 6.96. The molecule has 198 valence electrons. The number of carbonyl (C=O) groups excluding carboxylic acids is 1. The van der Waals surface area contributed by atoms with Crippen LogP contribution in [0.3, 0.4) is 0 Å². The quantitative estimate of drug-likeness (QED) is 0.297. The van der Waals surface area contributed by atoms with Crippen LogP contribution in [0.2, 0.25) is 5.02 Å². The second kappa shape index (κ2) is 10.2. The molecule has 1 atom stereocenters. The Bertz CT molecular complexity index is 1600. The predicted molar refractivity (Wildman–Crippen MR) is 133 cm³/mol. The lowest BCUT2D eigenvalue weighted by Gasteiger charge is -2.28. The largest absolute Gasteiger partial charge is 0.755 e. The minimum absolute atomic E-state index is 0.00859. The molecule has 1 unspecified atom stereocenters. The lowest BCUT2D eigenvalue weighted by Crippen LogP contribution is -2.26. The number of carbonyl (C=O) groups is 1. The molecule has 0 aliphatic heterocycles. The molecule has 0 saturated heterocycles. The Balaban J connectivity index is 1.61. The van der Waals surface area contributed by atoms with E-state index in [0.29, 0.717) is 16.8 Å². The van der Waals surface area contributed by atoms with E-state index in [0.717, 1.165) is 37.1 Å². The Morgan fingerprint density at radius 1 is 1.24 bits per heavy atom. The van der Waals surface area contributed by atoms with E-state index in [1.807, 2.05) is 0 Å². The van der Waals surface area contributed by atoms with Gasteiger partial charge in [-0.15, -0.1) is 0 Å².